The van der Waals surface area contributed by atoms with Crippen LogP contribution in [0.15, 0.2) is 91.0 Å². The zero-order valence-electron chi connectivity index (χ0n) is 20.7. The van der Waals surface area contributed by atoms with Crippen LogP contribution in [0.5, 0.6) is 0 Å². The van der Waals surface area contributed by atoms with Crippen molar-refractivity contribution >= 4 is 22.5 Å². The Morgan fingerprint density at radius 1 is 0.594 bits per heavy atom. The van der Waals surface area contributed by atoms with E-state index < -0.39 is 6.15 Å². The lowest BCUT2D eigenvalue weighted by molar-refractivity contribution is -0.849. The zero-order valence-corrected chi connectivity index (χ0v) is 20.7. The number of hydrogen-bond acceptors (Lipinski definition) is 0. The van der Waals surface area contributed by atoms with Gasteiger partial charge in [0.05, 0.1) is 28.2 Å². The molecule has 32 heavy (non-hydrogen) atoms. The maximum atomic E-state index is 3.77. The Morgan fingerprint density at radius 3 is 1.31 bits per heavy atom. The van der Waals surface area contributed by atoms with Gasteiger partial charge in [-0.05, 0) is 6.42 Å². The van der Waals surface area contributed by atoms with Crippen molar-refractivity contribution in [3.8, 4) is 11.7 Å². The van der Waals surface area contributed by atoms with Gasteiger partial charge in [0, 0.05) is 6.42 Å². The molecule has 0 amide bonds. The fraction of sp³-hybridized carbons (Fsp3) is 0.333. The Bertz CT molecular complexity index is 845. The fourth-order valence-corrected chi connectivity index (χ4v) is 3.92. The second-order valence-corrected chi connectivity index (χ2v) is 9.91. The zero-order chi connectivity index (χ0) is 23.3. The van der Waals surface area contributed by atoms with Crippen LogP contribution in [0.3, 0.4) is 0 Å². The molecular formula is C30H40BN. The van der Waals surface area contributed by atoms with E-state index >= 15 is 0 Å². The molecule has 0 saturated carbocycles. The smallest absolute Gasteiger partial charge is 0.149 e. The van der Waals surface area contributed by atoms with E-state index in [2.05, 4.69) is 138 Å². The van der Waals surface area contributed by atoms with Crippen molar-refractivity contribution in [1.29, 1.82) is 0 Å². The first-order valence-electron chi connectivity index (χ1n) is 12.0. The van der Waals surface area contributed by atoms with Gasteiger partial charge in [-0.15, -0.1) is 5.92 Å². The molecule has 0 radical (unpaired) electrons. The fourth-order valence-electron chi connectivity index (χ4n) is 3.92. The van der Waals surface area contributed by atoms with Crippen LogP contribution in [0.1, 0.15) is 39.0 Å². The summed E-state index contributed by atoms with van der Waals surface area (Å²) >= 11 is 0. The minimum Gasteiger partial charge on any atom is -0.333 e. The van der Waals surface area contributed by atoms with E-state index in [0.29, 0.717) is 0 Å². The highest BCUT2D eigenvalue weighted by Crippen LogP contribution is 2.08. The minimum absolute atomic E-state index is 0.968. The maximum absolute atomic E-state index is 3.77. The summed E-state index contributed by atoms with van der Waals surface area (Å²) in [5.41, 5.74) is 3.86. The second-order valence-electron chi connectivity index (χ2n) is 9.91. The summed E-state index contributed by atoms with van der Waals surface area (Å²) < 4.78 is 1.00. The SMILES string of the molecule is CCCCCCC#C[B-](c1ccccc1)(c1ccccc1)c1ccccc1.C[N+](C)(C)C. The van der Waals surface area contributed by atoms with Crippen LogP contribution in [0.2, 0.25) is 0 Å². The molecule has 0 spiro atoms. The standard InChI is InChI=1S/C26H28B.C4H12N/c1-2-3-4-5-6-16-23-27(24-17-10-7-11-18-24,25-19-12-8-13-20-25)26-21-14-9-15-22-26;1-5(2,3)4/h7-15,17-22H,2-6H2,1H3;1-4H3/q-1;+1. The lowest BCUT2D eigenvalue weighted by atomic mass is 9.16. The van der Waals surface area contributed by atoms with Gasteiger partial charge in [-0.1, -0.05) is 117 Å². The summed E-state index contributed by atoms with van der Waals surface area (Å²) in [4.78, 5) is 0. The van der Waals surface area contributed by atoms with Gasteiger partial charge in [0.15, 0.2) is 0 Å². The molecule has 0 aliphatic carbocycles. The average Bonchev–Trinajstić information content (AvgIpc) is 2.80. The maximum Gasteiger partial charge on any atom is 0.149 e. The number of hydrogen-bond donors (Lipinski definition) is 0. The number of benzene rings is 3. The van der Waals surface area contributed by atoms with Gasteiger partial charge >= 0.3 is 0 Å². The third-order valence-corrected chi connectivity index (χ3v) is 5.37. The van der Waals surface area contributed by atoms with Gasteiger partial charge in [-0.3, -0.25) is 5.82 Å². The van der Waals surface area contributed by atoms with Crippen LogP contribution in [0.4, 0.5) is 0 Å². The van der Waals surface area contributed by atoms with Crippen molar-refractivity contribution in [2.24, 2.45) is 0 Å². The average molecular weight is 425 g/mol. The molecule has 168 valence electrons. The van der Waals surface area contributed by atoms with Gasteiger partial charge in [0.1, 0.15) is 6.15 Å². The topological polar surface area (TPSA) is 0 Å². The first-order chi connectivity index (χ1) is 15.4. The van der Waals surface area contributed by atoms with Crippen molar-refractivity contribution in [3.05, 3.63) is 91.0 Å². The van der Waals surface area contributed by atoms with Crippen molar-refractivity contribution in [2.75, 3.05) is 28.2 Å². The monoisotopic (exact) mass is 425 g/mol. The summed E-state index contributed by atoms with van der Waals surface area (Å²) in [6, 6.07) is 32.4. The van der Waals surface area contributed by atoms with Gasteiger partial charge in [0.25, 0.3) is 0 Å². The summed E-state index contributed by atoms with van der Waals surface area (Å²) in [6.07, 6.45) is 4.69. The predicted octanol–water partition coefficient (Wildman–Crippen LogP) is 4.99. The number of unbranched alkanes of at least 4 members (excludes halogenated alkanes) is 4. The van der Waals surface area contributed by atoms with Crippen LogP contribution in [0.25, 0.3) is 0 Å². The highest BCUT2D eigenvalue weighted by Gasteiger charge is 2.27. The Hall–Kier alpha value is -2.76. The molecule has 0 unspecified atom stereocenters. The molecule has 0 aliphatic heterocycles. The van der Waals surface area contributed by atoms with Crippen LogP contribution in [0, 0.1) is 11.7 Å². The number of nitrogens with zero attached hydrogens (tertiary/aromatic N) is 1. The summed E-state index contributed by atoms with van der Waals surface area (Å²) in [6.45, 7) is 2.25. The van der Waals surface area contributed by atoms with E-state index in [0.717, 1.165) is 10.9 Å². The number of quaternary nitrogens is 1. The Morgan fingerprint density at radius 2 is 0.969 bits per heavy atom. The van der Waals surface area contributed by atoms with E-state index in [1.54, 1.807) is 0 Å². The third-order valence-electron chi connectivity index (χ3n) is 5.37. The van der Waals surface area contributed by atoms with Gasteiger partial charge < -0.3 is 4.48 Å². The van der Waals surface area contributed by atoms with Crippen molar-refractivity contribution in [1.82, 2.24) is 0 Å². The van der Waals surface area contributed by atoms with E-state index in [1.165, 1.54) is 42.1 Å². The lowest BCUT2D eigenvalue weighted by Crippen LogP contribution is -2.66. The first-order valence-corrected chi connectivity index (χ1v) is 12.0. The predicted molar refractivity (Wildman–Crippen MR) is 144 cm³/mol. The van der Waals surface area contributed by atoms with Gasteiger partial charge in [0.2, 0.25) is 0 Å². The van der Waals surface area contributed by atoms with E-state index in [-0.39, 0.29) is 0 Å². The van der Waals surface area contributed by atoms with Crippen LogP contribution < -0.4 is 16.4 Å². The highest BCUT2D eigenvalue weighted by molar-refractivity contribution is 7.16. The Balaban J connectivity index is 0.000000654. The van der Waals surface area contributed by atoms with Crippen molar-refractivity contribution < 1.29 is 4.48 Å². The molecule has 3 aromatic carbocycles. The first kappa shape index (κ1) is 25.5. The van der Waals surface area contributed by atoms with E-state index in [1.807, 2.05) is 0 Å². The van der Waals surface area contributed by atoms with Gasteiger partial charge in [-0.2, -0.15) is 16.4 Å². The molecule has 0 bridgehead atoms. The molecule has 0 atom stereocenters. The molecule has 0 saturated heterocycles. The van der Waals surface area contributed by atoms with Crippen LogP contribution >= 0.6 is 0 Å². The van der Waals surface area contributed by atoms with Gasteiger partial charge in [-0.25, -0.2) is 0 Å². The molecule has 3 aromatic rings. The van der Waals surface area contributed by atoms with Crippen molar-refractivity contribution in [3.63, 3.8) is 0 Å². The van der Waals surface area contributed by atoms with Crippen molar-refractivity contribution in [2.45, 2.75) is 39.0 Å². The minimum atomic E-state index is -1.30. The molecule has 0 heterocycles. The molecule has 0 aromatic heterocycles. The second kappa shape index (κ2) is 12.9. The molecule has 0 N–H and O–H groups in total. The summed E-state index contributed by atoms with van der Waals surface area (Å²) in [5.74, 6) is 7.33. The van der Waals surface area contributed by atoms with E-state index in [9.17, 15) is 0 Å². The quantitative estimate of drug-likeness (QED) is 0.217. The largest absolute Gasteiger partial charge is 0.333 e. The third kappa shape index (κ3) is 8.06. The Labute approximate surface area is 197 Å². The van der Waals surface area contributed by atoms with E-state index in [4.69, 9.17) is 0 Å². The number of rotatable bonds is 7. The molecule has 3 rings (SSSR count). The molecule has 1 nitrogen and oxygen atoms in total. The van der Waals surface area contributed by atoms with Crippen LogP contribution in [-0.4, -0.2) is 38.8 Å². The summed E-state index contributed by atoms with van der Waals surface area (Å²) in [5, 5.41) is 0. The summed E-state index contributed by atoms with van der Waals surface area (Å²) in [7, 11) is 8.50. The lowest BCUT2D eigenvalue weighted by Gasteiger charge is -2.38. The molecular weight excluding hydrogens is 385 g/mol. The molecule has 0 fully saturated rings. The molecule has 0 aliphatic rings. The van der Waals surface area contributed by atoms with Crippen LogP contribution in [-0.2, 0) is 0 Å². The molecule has 2 heteroatoms. The Kier molecular flexibility index (Phi) is 10.3. The normalized spacial score (nSPS) is 11.0. The highest BCUT2D eigenvalue weighted by atomic mass is 15.2.